The molecule has 0 radical (unpaired) electrons. The van der Waals surface area contributed by atoms with Crippen LogP contribution in [0, 0.1) is 0 Å². The molecular weight excluding hydrogens is 352 g/mol. The smallest absolute Gasteiger partial charge is 0.320 e. The van der Waals surface area contributed by atoms with Crippen molar-refractivity contribution in [2.24, 2.45) is 0 Å². The summed E-state index contributed by atoms with van der Waals surface area (Å²) in [6.45, 7) is 4.66. The van der Waals surface area contributed by atoms with Gasteiger partial charge in [-0.2, -0.15) is 0 Å². The number of nitrogens with one attached hydrogen (secondary N) is 1. The highest BCUT2D eigenvalue weighted by Crippen LogP contribution is 2.35. The molecule has 0 bridgehead atoms. The molecule has 2 aromatic rings. The van der Waals surface area contributed by atoms with Crippen molar-refractivity contribution < 1.29 is 14.3 Å². The molecule has 1 unspecified atom stereocenters. The summed E-state index contributed by atoms with van der Waals surface area (Å²) >= 11 is 1.51. The van der Waals surface area contributed by atoms with Crippen LogP contribution in [-0.4, -0.2) is 52.6 Å². The number of carbonyl (C=O) groups excluding carboxylic acids is 2. The van der Waals surface area contributed by atoms with Gasteiger partial charge in [0.25, 0.3) is 5.91 Å². The fourth-order valence-corrected chi connectivity index (χ4v) is 4.26. The zero-order chi connectivity index (χ0) is 18.4. The zero-order valence-electron chi connectivity index (χ0n) is 14.9. The molecule has 0 saturated carbocycles. The molecule has 3 heterocycles. The number of thiophene rings is 1. The van der Waals surface area contributed by atoms with Gasteiger partial charge in [-0.15, -0.1) is 11.3 Å². The molecule has 1 amide bonds. The van der Waals surface area contributed by atoms with Crippen LogP contribution in [0.4, 0.5) is 0 Å². The van der Waals surface area contributed by atoms with E-state index >= 15 is 0 Å². The second-order valence-electron chi connectivity index (χ2n) is 6.19. The summed E-state index contributed by atoms with van der Waals surface area (Å²) in [7, 11) is 0. The summed E-state index contributed by atoms with van der Waals surface area (Å²) in [6.07, 6.45) is 7.37. The predicted octanol–water partition coefficient (Wildman–Crippen LogP) is 2.07. The fraction of sp³-hybridized carbons (Fsp3) is 0.500. The van der Waals surface area contributed by atoms with Crippen molar-refractivity contribution in [2.45, 2.75) is 32.4 Å². The summed E-state index contributed by atoms with van der Waals surface area (Å²) in [5, 5.41) is 2.94. The molecule has 1 N–H and O–H groups in total. The number of esters is 1. The highest BCUT2D eigenvalue weighted by atomic mass is 32.1. The summed E-state index contributed by atoms with van der Waals surface area (Å²) in [5.41, 5.74) is 0. The molecule has 0 aliphatic carbocycles. The van der Waals surface area contributed by atoms with Crippen molar-refractivity contribution in [3.05, 3.63) is 40.6 Å². The maximum Gasteiger partial charge on any atom is 0.320 e. The molecule has 0 spiro atoms. The zero-order valence-corrected chi connectivity index (χ0v) is 15.7. The Labute approximate surface area is 157 Å². The Bertz CT molecular complexity index is 729. The lowest BCUT2D eigenvalue weighted by Crippen LogP contribution is -2.30. The number of rotatable bonds is 8. The minimum absolute atomic E-state index is 0.0590. The van der Waals surface area contributed by atoms with Crippen LogP contribution in [0.3, 0.4) is 0 Å². The number of imidazole rings is 1. The molecule has 1 aliphatic heterocycles. The summed E-state index contributed by atoms with van der Waals surface area (Å²) in [6, 6.07) is 4.06. The third-order valence-electron chi connectivity index (χ3n) is 4.39. The lowest BCUT2D eigenvalue weighted by molar-refractivity contribution is -0.144. The number of carbonyl (C=O) groups is 2. The van der Waals surface area contributed by atoms with E-state index in [1.807, 2.05) is 29.8 Å². The van der Waals surface area contributed by atoms with Gasteiger partial charge >= 0.3 is 5.97 Å². The van der Waals surface area contributed by atoms with Crippen molar-refractivity contribution in [3.63, 3.8) is 0 Å². The molecule has 140 valence electrons. The Hall–Kier alpha value is -2.19. The van der Waals surface area contributed by atoms with E-state index < -0.39 is 0 Å². The van der Waals surface area contributed by atoms with Crippen molar-refractivity contribution >= 4 is 23.2 Å². The average molecular weight is 376 g/mol. The van der Waals surface area contributed by atoms with Gasteiger partial charge in [0.15, 0.2) is 0 Å². The fourth-order valence-electron chi connectivity index (χ4n) is 3.17. The van der Waals surface area contributed by atoms with Crippen LogP contribution >= 0.6 is 11.3 Å². The van der Waals surface area contributed by atoms with Crippen LogP contribution in [0.5, 0.6) is 0 Å². The molecule has 1 atom stereocenters. The first-order valence-corrected chi connectivity index (χ1v) is 9.72. The van der Waals surface area contributed by atoms with Crippen LogP contribution in [0.25, 0.3) is 0 Å². The number of nitrogens with zero attached hydrogens (tertiary/aromatic N) is 3. The molecule has 8 heteroatoms. The lowest BCUT2D eigenvalue weighted by atomic mass is 10.2. The highest BCUT2D eigenvalue weighted by Gasteiger charge is 2.29. The van der Waals surface area contributed by atoms with E-state index in [-0.39, 0.29) is 17.9 Å². The van der Waals surface area contributed by atoms with Gasteiger partial charge in [-0.25, -0.2) is 4.98 Å². The van der Waals surface area contributed by atoms with E-state index in [2.05, 4.69) is 15.2 Å². The van der Waals surface area contributed by atoms with Crippen LogP contribution in [0.2, 0.25) is 0 Å². The van der Waals surface area contributed by atoms with Crippen molar-refractivity contribution in [3.8, 4) is 0 Å². The van der Waals surface area contributed by atoms with E-state index in [0.29, 0.717) is 31.1 Å². The molecule has 1 aliphatic rings. The summed E-state index contributed by atoms with van der Waals surface area (Å²) < 4.78 is 6.98. The Morgan fingerprint density at radius 2 is 2.31 bits per heavy atom. The number of hydrogen-bond acceptors (Lipinski definition) is 6. The first-order valence-electron chi connectivity index (χ1n) is 8.90. The van der Waals surface area contributed by atoms with Gasteiger partial charge in [0, 0.05) is 36.4 Å². The average Bonchev–Trinajstić information content (AvgIpc) is 3.36. The van der Waals surface area contributed by atoms with Crippen LogP contribution in [0.1, 0.15) is 40.4 Å². The number of amides is 1. The van der Waals surface area contributed by atoms with E-state index in [0.717, 1.165) is 24.3 Å². The minimum atomic E-state index is -0.187. The number of aromatic nitrogens is 2. The Morgan fingerprint density at radius 1 is 1.42 bits per heavy atom. The highest BCUT2D eigenvalue weighted by molar-refractivity contribution is 7.14. The maximum atomic E-state index is 12.3. The van der Waals surface area contributed by atoms with Crippen LogP contribution in [0.15, 0.2) is 30.9 Å². The molecule has 26 heavy (non-hydrogen) atoms. The number of ether oxygens (including phenoxy) is 1. The molecular formula is C18H24N4O3S. The van der Waals surface area contributed by atoms with Gasteiger partial charge in [-0.3, -0.25) is 14.5 Å². The second-order valence-corrected chi connectivity index (χ2v) is 7.31. The molecule has 0 aromatic carbocycles. The lowest BCUT2D eigenvalue weighted by Gasteiger charge is -2.22. The SMILES string of the molecule is CCOC(=O)CN1CCCC1c1ccc(C(=O)NCCn2ccnc2)s1. The van der Waals surface area contributed by atoms with Gasteiger partial charge < -0.3 is 14.6 Å². The third kappa shape index (κ3) is 4.70. The number of hydrogen-bond donors (Lipinski definition) is 1. The second kappa shape index (κ2) is 8.95. The number of likely N-dealkylation sites (tertiary alicyclic amines) is 1. The molecule has 7 nitrogen and oxygen atoms in total. The predicted molar refractivity (Wildman–Crippen MR) is 99.1 cm³/mol. The van der Waals surface area contributed by atoms with Gasteiger partial charge in [0.05, 0.1) is 24.4 Å². The van der Waals surface area contributed by atoms with E-state index in [4.69, 9.17) is 4.74 Å². The van der Waals surface area contributed by atoms with Gasteiger partial charge in [-0.05, 0) is 38.4 Å². The van der Waals surface area contributed by atoms with E-state index in [1.165, 1.54) is 11.3 Å². The van der Waals surface area contributed by atoms with Crippen molar-refractivity contribution in [1.82, 2.24) is 19.8 Å². The Kier molecular flexibility index (Phi) is 6.40. The van der Waals surface area contributed by atoms with Crippen molar-refractivity contribution in [1.29, 1.82) is 0 Å². The quantitative estimate of drug-likeness (QED) is 0.714. The monoisotopic (exact) mass is 376 g/mol. The van der Waals surface area contributed by atoms with Crippen molar-refractivity contribution in [2.75, 3.05) is 26.2 Å². The van der Waals surface area contributed by atoms with E-state index in [9.17, 15) is 9.59 Å². The Morgan fingerprint density at radius 3 is 3.08 bits per heavy atom. The van der Waals surface area contributed by atoms with Gasteiger partial charge in [0.1, 0.15) is 0 Å². The first kappa shape index (κ1) is 18.6. The third-order valence-corrected chi connectivity index (χ3v) is 5.58. The van der Waals surface area contributed by atoms with Gasteiger partial charge in [0.2, 0.25) is 0 Å². The normalized spacial score (nSPS) is 17.3. The standard InChI is InChI=1S/C18H24N4O3S/c1-2-25-17(23)12-22-9-3-4-14(22)15-5-6-16(26-15)18(24)20-8-11-21-10-7-19-13-21/h5-7,10,13-14H,2-4,8-9,11-12H2,1H3,(H,20,24). The van der Waals surface area contributed by atoms with Crippen LogP contribution < -0.4 is 5.32 Å². The first-order chi connectivity index (χ1) is 12.7. The minimum Gasteiger partial charge on any atom is -0.465 e. The van der Waals surface area contributed by atoms with Crippen LogP contribution in [-0.2, 0) is 16.1 Å². The summed E-state index contributed by atoms with van der Waals surface area (Å²) in [5.74, 6) is -0.246. The largest absolute Gasteiger partial charge is 0.465 e. The molecule has 2 aromatic heterocycles. The van der Waals surface area contributed by atoms with E-state index in [1.54, 1.807) is 12.5 Å². The summed E-state index contributed by atoms with van der Waals surface area (Å²) in [4.78, 5) is 32.1. The molecule has 1 saturated heterocycles. The van der Waals surface area contributed by atoms with Gasteiger partial charge in [-0.1, -0.05) is 0 Å². The Balaban J connectivity index is 1.54. The topological polar surface area (TPSA) is 76.5 Å². The maximum absolute atomic E-state index is 12.3. The molecule has 1 fully saturated rings. The molecule has 3 rings (SSSR count).